The predicted octanol–water partition coefficient (Wildman–Crippen LogP) is 15.2. The van der Waals surface area contributed by atoms with Crippen LogP contribution in [-0.2, 0) is 0 Å². The molecule has 76 heavy (non-hydrogen) atoms. The highest BCUT2D eigenvalue weighted by Gasteiger charge is 2.27. The van der Waals surface area contributed by atoms with E-state index < -0.39 is 8.07 Å². The van der Waals surface area contributed by atoms with Gasteiger partial charge in [0, 0.05) is 49.4 Å². The molecule has 15 heteroatoms. The van der Waals surface area contributed by atoms with Crippen molar-refractivity contribution in [1.29, 1.82) is 0 Å². The molecule has 2 aliphatic rings. The van der Waals surface area contributed by atoms with Gasteiger partial charge in [-0.15, -0.1) is 5.54 Å². The summed E-state index contributed by atoms with van der Waals surface area (Å²) in [6, 6.07) is 18.2. The van der Waals surface area contributed by atoms with Crippen LogP contribution in [0.3, 0.4) is 0 Å². The lowest BCUT2D eigenvalue weighted by Crippen LogP contribution is -2.16. The van der Waals surface area contributed by atoms with E-state index in [1.807, 2.05) is 48.5 Å². The molecule has 2 N–H and O–H groups in total. The van der Waals surface area contributed by atoms with Gasteiger partial charge in [0.25, 0.3) is 0 Å². The quantitative estimate of drug-likeness (QED) is 0.0335. The molecule has 0 radical (unpaired) electrons. The minimum Gasteiger partial charge on any atom is -0.490 e. The second-order valence-electron chi connectivity index (χ2n) is 20.6. The normalized spacial score (nSPS) is 11.8. The number of ether oxygens (including phenoxy) is 6. The summed E-state index contributed by atoms with van der Waals surface area (Å²) in [6.07, 6.45) is 11.3. The summed E-state index contributed by atoms with van der Waals surface area (Å²) in [6.45, 7) is 22.9. The van der Waals surface area contributed by atoms with Crippen molar-refractivity contribution < 1.29 is 28.4 Å². The average Bonchev–Trinajstić information content (AvgIpc) is 4.18. The Morgan fingerprint density at radius 3 is 0.961 bits per heavy atom. The largest absolute Gasteiger partial charge is 0.490 e. The van der Waals surface area contributed by atoms with Gasteiger partial charge in [-0.25, -0.2) is 29.9 Å². The van der Waals surface area contributed by atoms with E-state index in [9.17, 15) is 0 Å². The van der Waals surface area contributed by atoms with Gasteiger partial charge in [0.05, 0.1) is 39.6 Å². The van der Waals surface area contributed by atoms with Crippen LogP contribution < -0.4 is 28.4 Å². The molecule has 4 aromatic carbocycles. The van der Waals surface area contributed by atoms with E-state index in [1.54, 1.807) is 0 Å². The molecule has 8 bridgehead atoms. The lowest BCUT2D eigenvalue weighted by molar-refractivity contribution is 0.262. The highest BCUT2D eigenvalue weighted by atomic mass is 28.3. The molecule has 9 rings (SSSR count). The molecule has 2 aliphatic heterocycles. The van der Waals surface area contributed by atoms with Gasteiger partial charge in [-0.3, -0.25) is 0 Å². The van der Waals surface area contributed by atoms with Gasteiger partial charge < -0.3 is 38.4 Å². The SMILES string of the molecule is CCCCOc1cc2c(cc1OCCCC)-c1nc-2nc2[nH]c(nc3nc(nc4[nH]c(n1)c1cc(OCCCC)c(OCCCC)cc41)-c1cc(C#C[Si](C)(C)C)ccc1-3)c1cc(OCCCC)c(OCCCC)cc21. The number of benzene rings is 4. The summed E-state index contributed by atoms with van der Waals surface area (Å²) in [4.78, 5) is 39.4. The minimum absolute atomic E-state index is 0.438. The molecule has 398 valence electrons. The van der Waals surface area contributed by atoms with Gasteiger partial charge >= 0.3 is 0 Å². The van der Waals surface area contributed by atoms with Crippen LogP contribution in [-0.4, -0.2) is 87.6 Å². The molecule has 0 saturated heterocycles. The molecule has 7 aromatic rings. The number of hydrogen-bond acceptors (Lipinski definition) is 12. The van der Waals surface area contributed by atoms with Crippen molar-refractivity contribution in [2.45, 2.75) is 138 Å². The third-order valence-electron chi connectivity index (χ3n) is 13.1. The fraction of sp³-hybridized carbons (Fsp3) is 0.443. The van der Waals surface area contributed by atoms with Crippen molar-refractivity contribution in [2.75, 3.05) is 39.6 Å². The van der Waals surface area contributed by atoms with Crippen LogP contribution in [0.1, 0.15) is 124 Å². The van der Waals surface area contributed by atoms with Crippen LogP contribution in [0.15, 0.2) is 54.6 Å². The van der Waals surface area contributed by atoms with E-state index >= 15 is 0 Å². The smallest absolute Gasteiger partial charge is 0.164 e. The van der Waals surface area contributed by atoms with E-state index in [2.05, 4.69) is 88.7 Å². The van der Waals surface area contributed by atoms with Gasteiger partial charge in [-0.2, -0.15) is 0 Å². The van der Waals surface area contributed by atoms with Gasteiger partial charge in [0.2, 0.25) is 0 Å². The number of unbranched alkanes of at least 4 members (excludes halogenated alkanes) is 6. The van der Waals surface area contributed by atoms with Gasteiger partial charge in [-0.05, 0) is 93.1 Å². The lowest BCUT2D eigenvalue weighted by atomic mass is 10.1. The molecule has 14 nitrogen and oxygen atoms in total. The van der Waals surface area contributed by atoms with Crippen molar-refractivity contribution in [3.8, 4) is 91.5 Å². The Kier molecular flexibility index (Phi) is 17.4. The Morgan fingerprint density at radius 2 is 0.658 bits per heavy atom. The summed E-state index contributed by atoms with van der Waals surface area (Å²) in [7, 11) is -1.71. The molecule has 5 heterocycles. The third-order valence-corrected chi connectivity index (χ3v) is 14.0. The van der Waals surface area contributed by atoms with Crippen molar-refractivity contribution in [3.05, 3.63) is 60.2 Å². The monoisotopic (exact) mass is 1040 g/mol. The molecule has 0 saturated carbocycles. The highest BCUT2D eigenvalue weighted by molar-refractivity contribution is 6.83. The summed E-state index contributed by atoms with van der Waals surface area (Å²) in [5.74, 6) is 9.10. The van der Waals surface area contributed by atoms with Crippen LogP contribution in [0.25, 0.3) is 89.7 Å². The van der Waals surface area contributed by atoms with Crippen molar-refractivity contribution in [1.82, 2.24) is 39.9 Å². The standard InChI is InChI=1S/C61H74N8O6Si/c1-10-16-25-70-48-33-42-43(34-49(48)71-26-17-11-2)58-65-56(42)63-54-40-23-22-39(24-31-76(7,8)9)32-41(40)55(62-54)64-57-44-35-50(72-27-18-12-3)51(73-28-19-13-4)36-45(44)59(66-57)68-61-47-38-53(75-30-21-15-6)52(74-29-20-14-5)37-46(47)60(67-58)69-61/h22-23,32-38H,10-21,25-30H2,1-9H3,(H2,62,63,64,65,66,67,68,69). The first-order chi connectivity index (χ1) is 37.0. The number of fused-ring (bicyclic) bond motifs is 20. The Morgan fingerprint density at radius 1 is 0.368 bits per heavy atom. The molecule has 0 atom stereocenters. The predicted molar refractivity (Wildman–Crippen MR) is 309 cm³/mol. The highest BCUT2D eigenvalue weighted by Crippen LogP contribution is 2.45. The Bertz CT molecular complexity index is 3440. The van der Waals surface area contributed by atoms with Crippen LogP contribution in [0.4, 0.5) is 0 Å². The molecular formula is C61H74N8O6Si. The molecule has 0 spiro atoms. The third kappa shape index (κ3) is 12.2. The van der Waals surface area contributed by atoms with Crippen molar-refractivity contribution in [3.63, 3.8) is 0 Å². The fourth-order valence-corrected chi connectivity index (χ4v) is 9.30. The first kappa shape index (κ1) is 53.6. The van der Waals surface area contributed by atoms with Gasteiger partial charge in [0.15, 0.2) is 57.8 Å². The first-order valence-electron chi connectivity index (χ1n) is 27.8. The van der Waals surface area contributed by atoms with Gasteiger partial charge in [0.1, 0.15) is 30.7 Å². The van der Waals surface area contributed by atoms with Crippen LogP contribution in [0, 0.1) is 11.5 Å². The maximum absolute atomic E-state index is 6.51. The first-order valence-corrected chi connectivity index (χ1v) is 31.3. The number of hydrogen-bond donors (Lipinski definition) is 2. The number of H-pyrrole nitrogens is 2. The van der Waals surface area contributed by atoms with E-state index in [1.165, 1.54) is 0 Å². The Balaban J connectivity index is 1.41. The zero-order valence-corrected chi connectivity index (χ0v) is 47.1. The molecule has 3 aromatic heterocycles. The summed E-state index contributed by atoms with van der Waals surface area (Å²) in [5.41, 5.74) is 9.68. The summed E-state index contributed by atoms with van der Waals surface area (Å²) in [5, 5.41) is 3.13. The van der Waals surface area contributed by atoms with E-state index in [-0.39, 0.29) is 0 Å². The van der Waals surface area contributed by atoms with E-state index in [0.717, 1.165) is 126 Å². The molecule has 0 aliphatic carbocycles. The topological polar surface area (TPSA) is 164 Å². The van der Waals surface area contributed by atoms with Crippen molar-refractivity contribution >= 4 is 52.2 Å². The van der Waals surface area contributed by atoms with Crippen LogP contribution in [0.2, 0.25) is 19.6 Å². The zero-order valence-electron chi connectivity index (χ0n) is 46.1. The molecule has 0 unspecified atom stereocenters. The van der Waals surface area contributed by atoms with Gasteiger partial charge in [-0.1, -0.05) is 106 Å². The fourth-order valence-electron chi connectivity index (χ4n) is 8.78. The second-order valence-corrected chi connectivity index (χ2v) is 25.4. The zero-order chi connectivity index (χ0) is 53.2. The number of nitrogens with one attached hydrogen (secondary N) is 2. The molecule has 0 amide bonds. The molecule has 0 fully saturated rings. The summed E-state index contributed by atoms with van der Waals surface area (Å²) < 4.78 is 39.0. The number of aromatic amines is 2. The van der Waals surface area contributed by atoms with Crippen LogP contribution >= 0.6 is 0 Å². The molecular weight excluding hydrogens is 969 g/mol. The number of aromatic nitrogens is 8. The van der Waals surface area contributed by atoms with Crippen molar-refractivity contribution in [2.24, 2.45) is 0 Å². The second kappa shape index (κ2) is 24.7. The Hall–Kier alpha value is -7.18. The van der Waals surface area contributed by atoms with Crippen LogP contribution in [0.5, 0.6) is 34.5 Å². The maximum Gasteiger partial charge on any atom is 0.164 e. The Labute approximate surface area is 448 Å². The van der Waals surface area contributed by atoms with E-state index in [4.69, 9.17) is 58.3 Å². The summed E-state index contributed by atoms with van der Waals surface area (Å²) >= 11 is 0. The maximum atomic E-state index is 6.51. The minimum atomic E-state index is -1.71. The van der Waals surface area contributed by atoms with E-state index in [0.29, 0.717) is 120 Å². The number of nitrogens with zero attached hydrogens (tertiary/aromatic N) is 6. The lowest BCUT2D eigenvalue weighted by Gasteiger charge is -2.14. The average molecular weight is 1040 g/mol. The number of rotatable bonds is 24.